The number of ether oxygens (including phenoxy) is 1. The van der Waals surface area contributed by atoms with Crippen LogP contribution in [0.1, 0.15) is 34.5 Å². The molecule has 2 aromatic heterocycles. The van der Waals surface area contributed by atoms with E-state index in [1.807, 2.05) is 18.2 Å². The highest BCUT2D eigenvalue weighted by Crippen LogP contribution is 2.29. The van der Waals surface area contributed by atoms with Crippen LogP contribution in [0.3, 0.4) is 0 Å². The van der Waals surface area contributed by atoms with E-state index in [1.165, 1.54) is 23.7 Å². The average Bonchev–Trinajstić information content (AvgIpc) is 3.39. The molecule has 1 saturated carbocycles. The van der Waals surface area contributed by atoms with E-state index in [-0.39, 0.29) is 22.2 Å². The Morgan fingerprint density at radius 2 is 2.22 bits per heavy atom. The second kappa shape index (κ2) is 7.00. The Kier molecular flexibility index (Phi) is 4.53. The van der Waals surface area contributed by atoms with E-state index < -0.39 is 5.91 Å². The van der Waals surface area contributed by atoms with Crippen LogP contribution < -0.4 is 10.9 Å². The number of rotatable bonds is 6. The molecule has 7 nitrogen and oxygen atoms in total. The van der Waals surface area contributed by atoms with Crippen molar-refractivity contribution in [1.29, 1.82) is 0 Å². The summed E-state index contributed by atoms with van der Waals surface area (Å²) in [6.45, 7) is 2.95. The van der Waals surface area contributed by atoms with E-state index in [0.717, 1.165) is 12.2 Å². The zero-order valence-corrected chi connectivity index (χ0v) is 15.3. The fourth-order valence-electron chi connectivity index (χ4n) is 3.02. The Balaban J connectivity index is 1.55. The molecule has 4 rings (SSSR count). The van der Waals surface area contributed by atoms with Crippen molar-refractivity contribution in [3.63, 3.8) is 0 Å². The van der Waals surface area contributed by atoms with Crippen LogP contribution in [0.4, 0.5) is 5.69 Å². The molecule has 1 aromatic carbocycles. The topological polar surface area (TPSA) is 86.4 Å². The van der Waals surface area contributed by atoms with Gasteiger partial charge in [-0.15, -0.1) is 0 Å². The highest BCUT2D eigenvalue weighted by molar-refractivity contribution is 6.12. The lowest BCUT2D eigenvalue weighted by Crippen LogP contribution is -2.20. The number of aryl methyl sites for hydroxylation is 2. The van der Waals surface area contributed by atoms with Crippen molar-refractivity contribution in [2.75, 3.05) is 11.9 Å². The van der Waals surface area contributed by atoms with Crippen molar-refractivity contribution < 1.29 is 13.9 Å². The first-order chi connectivity index (χ1) is 13.0. The number of anilines is 1. The smallest absolute Gasteiger partial charge is 0.265 e. The molecule has 0 aliphatic heterocycles. The van der Waals surface area contributed by atoms with Crippen LogP contribution >= 0.6 is 0 Å². The molecule has 1 N–H and O–H groups in total. The first-order valence-electron chi connectivity index (χ1n) is 8.95. The van der Waals surface area contributed by atoms with Gasteiger partial charge in [-0.05, 0) is 43.4 Å². The molecule has 27 heavy (non-hydrogen) atoms. The summed E-state index contributed by atoms with van der Waals surface area (Å²) in [6.07, 6.45) is 3.88. The number of hydrogen-bond donors (Lipinski definition) is 1. The molecule has 0 spiro atoms. The zero-order chi connectivity index (χ0) is 19.0. The fraction of sp³-hybridized carbons (Fsp3) is 0.350. The lowest BCUT2D eigenvalue weighted by atomic mass is 10.1. The largest absolute Gasteiger partial charge is 0.442 e. The molecule has 1 aliphatic carbocycles. The van der Waals surface area contributed by atoms with E-state index >= 15 is 0 Å². The Morgan fingerprint density at radius 3 is 3.00 bits per heavy atom. The van der Waals surface area contributed by atoms with E-state index in [4.69, 9.17) is 9.15 Å². The van der Waals surface area contributed by atoms with Gasteiger partial charge < -0.3 is 19.0 Å². The van der Waals surface area contributed by atoms with E-state index in [2.05, 4.69) is 10.3 Å². The maximum atomic E-state index is 12.8. The Bertz CT molecular complexity index is 1060. The molecular weight excluding hydrogens is 346 g/mol. The predicted octanol–water partition coefficient (Wildman–Crippen LogP) is 3.01. The minimum Gasteiger partial charge on any atom is -0.442 e. The highest BCUT2D eigenvalue weighted by atomic mass is 16.5. The fourth-order valence-corrected chi connectivity index (χ4v) is 3.02. The van der Waals surface area contributed by atoms with E-state index in [0.29, 0.717) is 24.0 Å². The van der Waals surface area contributed by atoms with Gasteiger partial charge in [-0.3, -0.25) is 9.59 Å². The van der Waals surface area contributed by atoms with Gasteiger partial charge in [0, 0.05) is 19.3 Å². The van der Waals surface area contributed by atoms with Crippen molar-refractivity contribution in [1.82, 2.24) is 9.55 Å². The van der Waals surface area contributed by atoms with Gasteiger partial charge in [0.25, 0.3) is 11.5 Å². The van der Waals surface area contributed by atoms with Crippen molar-refractivity contribution in [2.45, 2.75) is 26.4 Å². The molecule has 3 aromatic rings. The van der Waals surface area contributed by atoms with Gasteiger partial charge in [-0.25, -0.2) is 4.98 Å². The van der Waals surface area contributed by atoms with Gasteiger partial charge in [0.05, 0.1) is 12.2 Å². The maximum Gasteiger partial charge on any atom is 0.265 e. The number of carbonyl (C=O) groups is 1. The lowest BCUT2D eigenvalue weighted by Gasteiger charge is -2.08. The molecule has 0 saturated heterocycles. The summed E-state index contributed by atoms with van der Waals surface area (Å²) in [7, 11) is 1.59. The molecule has 0 atom stereocenters. The van der Waals surface area contributed by atoms with Crippen LogP contribution in [-0.2, 0) is 18.4 Å². The van der Waals surface area contributed by atoms with Crippen LogP contribution in [0.15, 0.2) is 39.8 Å². The third-order valence-corrected chi connectivity index (χ3v) is 4.68. The molecule has 2 heterocycles. The second-order valence-electron chi connectivity index (χ2n) is 6.99. The summed E-state index contributed by atoms with van der Waals surface area (Å²) < 4.78 is 12.5. The van der Waals surface area contributed by atoms with Gasteiger partial charge in [0.1, 0.15) is 17.5 Å². The minimum absolute atomic E-state index is 0.169. The number of carbonyl (C=O) groups excluding carboxylic acids is 1. The first kappa shape index (κ1) is 17.5. The summed E-state index contributed by atoms with van der Waals surface area (Å²) in [4.78, 5) is 29.3. The molecule has 0 radical (unpaired) electrons. The van der Waals surface area contributed by atoms with Crippen LogP contribution in [0.5, 0.6) is 0 Å². The lowest BCUT2D eigenvalue weighted by molar-refractivity contribution is 0.102. The summed E-state index contributed by atoms with van der Waals surface area (Å²) in [5.41, 5.74) is 1.70. The zero-order valence-electron chi connectivity index (χ0n) is 15.3. The van der Waals surface area contributed by atoms with Gasteiger partial charge in [-0.1, -0.05) is 12.1 Å². The summed E-state index contributed by atoms with van der Waals surface area (Å²) in [5, 5.41) is 3.04. The Labute approximate surface area is 156 Å². The summed E-state index contributed by atoms with van der Waals surface area (Å²) >= 11 is 0. The Morgan fingerprint density at radius 1 is 1.41 bits per heavy atom. The Hall–Kier alpha value is -2.93. The van der Waals surface area contributed by atoms with Crippen molar-refractivity contribution in [2.24, 2.45) is 13.0 Å². The van der Waals surface area contributed by atoms with Crippen LogP contribution in [0, 0.1) is 12.8 Å². The van der Waals surface area contributed by atoms with Crippen molar-refractivity contribution in [3.8, 4) is 0 Å². The molecule has 1 amide bonds. The van der Waals surface area contributed by atoms with E-state index in [9.17, 15) is 9.59 Å². The number of furan rings is 1. The number of amides is 1. The number of nitrogens with one attached hydrogen (secondary N) is 1. The number of nitrogens with zero attached hydrogens (tertiary/aromatic N) is 2. The van der Waals surface area contributed by atoms with Crippen LogP contribution in [0.2, 0.25) is 0 Å². The van der Waals surface area contributed by atoms with Gasteiger partial charge >= 0.3 is 0 Å². The molecular formula is C20H21N3O4. The first-order valence-corrected chi connectivity index (χ1v) is 8.95. The van der Waals surface area contributed by atoms with Crippen LogP contribution in [-0.4, -0.2) is 22.1 Å². The molecule has 0 unspecified atom stereocenters. The quantitative estimate of drug-likeness (QED) is 0.724. The van der Waals surface area contributed by atoms with Gasteiger partial charge in [0.15, 0.2) is 0 Å². The monoisotopic (exact) mass is 367 g/mol. The molecule has 1 aliphatic rings. The molecule has 1 fully saturated rings. The summed E-state index contributed by atoms with van der Waals surface area (Å²) in [6, 6.07) is 7.50. The molecule has 0 bridgehead atoms. The highest BCUT2D eigenvalue weighted by Gasteiger charge is 2.23. The minimum atomic E-state index is -0.396. The molecule has 7 heteroatoms. The predicted molar refractivity (Wildman–Crippen MR) is 101 cm³/mol. The second-order valence-corrected chi connectivity index (χ2v) is 6.99. The maximum absolute atomic E-state index is 12.8. The number of fused-ring (bicyclic) bond motifs is 1. The van der Waals surface area contributed by atoms with Crippen molar-refractivity contribution >= 4 is 22.7 Å². The number of aromatic nitrogens is 2. The number of hydrogen-bond acceptors (Lipinski definition) is 5. The van der Waals surface area contributed by atoms with E-state index in [1.54, 1.807) is 20.0 Å². The standard InChI is InChI=1S/C20H21N3O4/c1-12-16(17-19(27-12)21-11-23(2)20(17)25)18(24)22-15-5-3-4-14(8-15)10-26-9-13-6-7-13/h3-5,8,11,13H,6-7,9-10H2,1-2H3,(H,22,24). The van der Waals surface area contributed by atoms with Gasteiger partial charge in [-0.2, -0.15) is 0 Å². The third-order valence-electron chi connectivity index (χ3n) is 4.68. The van der Waals surface area contributed by atoms with Crippen LogP contribution in [0.25, 0.3) is 11.1 Å². The van der Waals surface area contributed by atoms with Crippen molar-refractivity contribution in [3.05, 3.63) is 57.8 Å². The third kappa shape index (κ3) is 3.64. The molecule has 140 valence electrons. The average molecular weight is 367 g/mol. The van der Waals surface area contributed by atoms with Gasteiger partial charge in [0.2, 0.25) is 5.71 Å². The summed E-state index contributed by atoms with van der Waals surface area (Å²) in [5.74, 6) is 0.677. The normalized spacial score (nSPS) is 13.9. The SMILES string of the molecule is Cc1oc2ncn(C)c(=O)c2c1C(=O)Nc1cccc(COCC2CC2)c1. The number of benzene rings is 1.